The van der Waals surface area contributed by atoms with Crippen molar-refractivity contribution in [2.75, 3.05) is 0 Å². The number of nitrogens with one attached hydrogen (secondary N) is 1. The van der Waals surface area contributed by atoms with Gasteiger partial charge in [0, 0.05) is 24.2 Å². The van der Waals surface area contributed by atoms with E-state index in [1.54, 1.807) is 12.5 Å². The number of aromatic amines is 1. The van der Waals surface area contributed by atoms with Crippen LogP contribution >= 0.6 is 0 Å². The first-order chi connectivity index (χ1) is 8.33. The number of nitrogens with two attached hydrogens (primary N) is 1. The molecule has 2 aromatic heterocycles. The minimum Gasteiger partial charge on any atom is -0.348 e. The van der Waals surface area contributed by atoms with Crippen LogP contribution in [0, 0.1) is 0 Å². The molecule has 0 spiro atoms. The highest BCUT2D eigenvalue weighted by molar-refractivity contribution is 5.05. The summed E-state index contributed by atoms with van der Waals surface area (Å²) in [6, 6.07) is -0.267. The van der Waals surface area contributed by atoms with Crippen molar-refractivity contribution in [2.24, 2.45) is 5.73 Å². The SMILES string of the molecule is N[C@@H](Cc1cnc[nH]1)c1nc(C2CCC2)no1. The van der Waals surface area contributed by atoms with Crippen LogP contribution in [0.15, 0.2) is 17.0 Å². The average molecular weight is 233 g/mol. The molecule has 6 nitrogen and oxygen atoms in total. The number of hydrogen-bond acceptors (Lipinski definition) is 5. The molecule has 0 saturated heterocycles. The lowest BCUT2D eigenvalue weighted by Gasteiger charge is -2.21. The van der Waals surface area contributed by atoms with Crippen molar-refractivity contribution in [1.82, 2.24) is 20.1 Å². The zero-order valence-corrected chi connectivity index (χ0v) is 9.47. The van der Waals surface area contributed by atoms with Gasteiger partial charge < -0.3 is 15.2 Å². The van der Waals surface area contributed by atoms with Gasteiger partial charge in [-0.15, -0.1) is 0 Å². The monoisotopic (exact) mass is 233 g/mol. The Balaban J connectivity index is 1.68. The smallest absolute Gasteiger partial charge is 0.243 e. The van der Waals surface area contributed by atoms with Crippen LogP contribution in [0.3, 0.4) is 0 Å². The van der Waals surface area contributed by atoms with Crippen molar-refractivity contribution >= 4 is 0 Å². The van der Waals surface area contributed by atoms with E-state index in [2.05, 4.69) is 20.1 Å². The molecule has 0 unspecified atom stereocenters. The standard InChI is InChI=1S/C11H15N5O/c12-9(4-8-5-13-6-14-8)11-15-10(16-17-11)7-2-1-3-7/h5-7,9H,1-4,12H2,(H,13,14)/t9-/m0/s1. The molecule has 1 fully saturated rings. The van der Waals surface area contributed by atoms with Crippen molar-refractivity contribution in [1.29, 1.82) is 0 Å². The summed E-state index contributed by atoms with van der Waals surface area (Å²) in [4.78, 5) is 11.3. The molecule has 0 aromatic carbocycles. The van der Waals surface area contributed by atoms with Crippen molar-refractivity contribution in [3.63, 3.8) is 0 Å². The van der Waals surface area contributed by atoms with Gasteiger partial charge in [0.15, 0.2) is 5.82 Å². The highest BCUT2D eigenvalue weighted by atomic mass is 16.5. The van der Waals surface area contributed by atoms with Crippen molar-refractivity contribution < 1.29 is 4.52 Å². The first kappa shape index (κ1) is 10.5. The largest absolute Gasteiger partial charge is 0.348 e. The molecule has 0 bridgehead atoms. The highest BCUT2D eigenvalue weighted by Gasteiger charge is 2.26. The van der Waals surface area contributed by atoms with E-state index in [1.807, 2.05) is 0 Å². The number of rotatable bonds is 4. The number of imidazole rings is 1. The van der Waals surface area contributed by atoms with Crippen LogP contribution < -0.4 is 5.73 Å². The molecule has 0 radical (unpaired) electrons. The van der Waals surface area contributed by atoms with Crippen LogP contribution in [0.1, 0.15) is 48.6 Å². The Kier molecular flexibility index (Phi) is 2.64. The fourth-order valence-corrected chi connectivity index (χ4v) is 1.95. The van der Waals surface area contributed by atoms with E-state index in [4.69, 9.17) is 10.3 Å². The second-order valence-corrected chi connectivity index (χ2v) is 4.51. The lowest BCUT2D eigenvalue weighted by Crippen LogP contribution is -2.15. The Bertz CT molecular complexity index is 474. The Morgan fingerprint density at radius 1 is 1.53 bits per heavy atom. The summed E-state index contributed by atoms with van der Waals surface area (Å²) in [5.41, 5.74) is 6.99. The van der Waals surface area contributed by atoms with E-state index in [0.29, 0.717) is 18.2 Å². The molecule has 1 aliphatic rings. The van der Waals surface area contributed by atoms with Gasteiger partial charge in [0.25, 0.3) is 0 Å². The molecule has 3 N–H and O–H groups in total. The van der Waals surface area contributed by atoms with Gasteiger partial charge in [0.2, 0.25) is 5.89 Å². The molecule has 0 amide bonds. The molecule has 90 valence electrons. The molecule has 17 heavy (non-hydrogen) atoms. The third-order valence-corrected chi connectivity index (χ3v) is 3.24. The van der Waals surface area contributed by atoms with Crippen LogP contribution in [0.5, 0.6) is 0 Å². The maximum Gasteiger partial charge on any atom is 0.243 e. The van der Waals surface area contributed by atoms with Gasteiger partial charge in [-0.05, 0) is 12.8 Å². The maximum absolute atomic E-state index is 6.02. The van der Waals surface area contributed by atoms with Crippen LogP contribution in [-0.4, -0.2) is 20.1 Å². The first-order valence-electron chi connectivity index (χ1n) is 5.89. The summed E-state index contributed by atoms with van der Waals surface area (Å²) in [7, 11) is 0. The normalized spacial score (nSPS) is 17.9. The number of hydrogen-bond donors (Lipinski definition) is 2. The van der Waals surface area contributed by atoms with Crippen LogP contribution in [0.2, 0.25) is 0 Å². The van der Waals surface area contributed by atoms with Gasteiger partial charge >= 0.3 is 0 Å². The summed E-state index contributed by atoms with van der Waals surface area (Å²) < 4.78 is 5.21. The second-order valence-electron chi connectivity index (χ2n) is 4.51. The van der Waals surface area contributed by atoms with E-state index >= 15 is 0 Å². The van der Waals surface area contributed by atoms with Crippen molar-refractivity contribution in [3.05, 3.63) is 29.9 Å². The van der Waals surface area contributed by atoms with E-state index in [1.165, 1.54) is 6.42 Å². The topological polar surface area (TPSA) is 93.6 Å². The molecule has 1 aliphatic carbocycles. The maximum atomic E-state index is 6.02. The first-order valence-corrected chi connectivity index (χ1v) is 5.89. The lowest BCUT2D eigenvalue weighted by molar-refractivity contribution is 0.333. The molecular weight excluding hydrogens is 218 g/mol. The van der Waals surface area contributed by atoms with Gasteiger partial charge in [0.1, 0.15) is 0 Å². The Morgan fingerprint density at radius 3 is 3.06 bits per heavy atom. The minimum absolute atomic E-state index is 0.267. The second kappa shape index (κ2) is 4.29. The summed E-state index contributed by atoms with van der Waals surface area (Å²) in [6.07, 6.45) is 7.60. The molecule has 3 rings (SSSR count). The highest BCUT2D eigenvalue weighted by Crippen LogP contribution is 2.34. The van der Waals surface area contributed by atoms with E-state index in [9.17, 15) is 0 Å². The number of aromatic nitrogens is 4. The minimum atomic E-state index is -0.267. The average Bonchev–Trinajstić information content (AvgIpc) is 2.85. The number of nitrogens with zero attached hydrogens (tertiary/aromatic N) is 3. The molecular formula is C11H15N5O. The van der Waals surface area contributed by atoms with E-state index in [-0.39, 0.29) is 6.04 Å². The van der Waals surface area contributed by atoms with E-state index < -0.39 is 0 Å². The Hall–Kier alpha value is -1.69. The van der Waals surface area contributed by atoms with Crippen molar-refractivity contribution in [2.45, 2.75) is 37.6 Å². The molecule has 2 heterocycles. The Labute approximate surface area is 98.6 Å². The molecule has 6 heteroatoms. The molecule has 1 saturated carbocycles. The zero-order chi connectivity index (χ0) is 11.7. The molecule has 0 aliphatic heterocycles. The zero-order valence-electron chi connectivity index (χ0n) is 9.47. The van der Waals surface area contributed by atoms with E-state index in [0.717, 1.165) is 24.4 Å². The predicted molar refractivity (Wildman–Crippen MR) is 60.1 cm³/mol. The fraction of sp³-hybridized carbons (Fsp3) is 0.545. The number of H-pyrrole nitrogens is 1. The fourth-order valence-electron chi connectivity index (χ4n) is 1.95. The predicted octanol–water partition coefficient (Wildman–Crippen LogP) is 1.30. The molecule has 2 aromatic rings. The summed E-state index contributed by atoms with van der Waals surface area (Å²) in [5.74, 6) is 1.81. The van der Waals surface area contributed by atoms with Crippen LogP contribution in [-0.2, 0) is 6.42 Å². The quantitative estimate of drug-likeness (QED) is 0.830. The lowest BCUT2D eigenvalue weighted by atomic mass is 9.85. The third-order valence-electron chi connectivity index (χ3n) is 3.24. The third kappa shape index (κ3) is 2.08. The van der Waals surface area contributed by atoms with Gasteiger partial charge in [-0.1, -0.05) is 11.6 Å². The Morgan fingerprint density at radius 2 is 2.41 bits per heavy atom. The summed E-state index contributed by atoms with van der Waals surface area (Å²) >= 11 is 0. The van der Waals surface area contributed by atoms with Gasteiger partial charge in [0.05, 0.1) is 12.4 Å². The van der Waals surface area contributed by atoms with Gasteiger partial charge in [-0.3, -0.25) is 0 Å². The molecule has 1 atom stereocenters. The summed E-state index contributed by atoms with van der Waals surface area (Å²) in [6.45, 7) is 0. The van der Waals surface area contributed by atoms with Gasteiger partial charge in [-0.2, -0.15) is 4.98 Å². The van der Waals surface area contributed by atoms with Crippen LogP contribution in [0.4, 0.5) is 0 Å². The van der Waals surface area contributed by atoms with Crippen LogP contribution in [0.25, 0.3) is 0 Å². The van der Waals surface area contributed by atoms with Gasteiger partial charge in [-0.25, -0.2) is 4.98 Å². The van der Waals surface area contributed by atoms with Crippen molar-refractivity contribution in [3.8, 4) is 0 Å². The summed E-state index contributed by atoms with van der Waals surface area (Å²) in [5, 5.41) is 4.00.